The molecule has 1 amide bonds. The van der Waals surface area contributed by atoms with E-state index < -0.39 is 0 Å². The summed E-state index contributed by atoms with van der Waals surface area (Å²) in [5, 5.41) is 0. The SMILES string of the molecule is CCN([C]=O)c1ccccc1. The lowest BCUT2D eigenvalue weighted by molar-refractivity contribution is 0.552. The maximum Gasteiger partial charge on any atom is 0.316 e. The Kier molecular flexibility index (Phi) is 2.66. The predicted octanol–water partition coefficient (Wildman–Crippen LogP) is 1.58. The standard InChI is InChI=1S/C9H10NO/c1-2-10(8-11)9-6-4-3-5-7-9/h3-7H,2H2,1H3. The third-order valence-corrected chi connectivity index (χ3v) is 1.49. The van der Waals surface area contributed by atoms with Crippen molar-refractivity contribution in [2.24, 2.45) is 0 Å². The molecule has 0 heterocycles. The summed E-state index contributed by atoms with van der Waals surface area (Å²) < 4.78 is 0. The van der Waals surface area contributed by atoms with Crippen LogP contribution in [0.2, 0.25) is 0 Å². The molecule has 2 heteroatoms. The first-order chi connectivity index (χ1) is 5.38. The van der Waals surface area contributed by atoms with E-state index in [1.807, 2.05) is 43.7 Å². The van der Waals surface area contributed by atoms with E-state index in [2.05, 4.69) is 0 Å². The minimum absolute atomic E-state index is 0.660. The smallest absolute Gasteiger partial charge is 0.304 e. The van der Waals surface area contributed by atoms with Crippen LogP contribution in [0.4, 0.5) is 5.69 Å². The van der Waals surface area contributed by atoms with Crippen molar-refractivity contribution in [1.29, 1.82) is 0 Å². The molecule has 1 radical (unpaired) electrons. The molecule has 0 aliphatic rings. The van der Waals surface area contributed by atoms with E-state index in [-0.39, 0.29) is 0 Å². The molecule has 11 heavy (non-hydrogen) atoms. The van der Waals surface area contributed by atoms with Crippen molar-refractivity contribution in [3.8, 4) is 0 Å². The Morgan fingerprint density at radius 2 is 2.00 bits per heavy atom. The van der Waals surface area contributed by atoms with Gasteiger partial charge in [0.05, 0.1) is 0 Å². The van der Waals surface area contributed by atoms with Gasteiger partial charge < -0.3 is 4.90 Å². The van der Waals surface area contributed by atoms with Crippen molar-refractivity contribution >= 4 is 12.1 Å². The Labute approximate surface area is 66.4 Å². The zero-order valence-electron chi connectivity index (χ0n) is 6.45. The quantitative estimate of drug-likeness (QED) is 0.596. The fourth-order valence-electron chi connectivity index (χ4n) is 0.908. The summed E-state index contributed by atoms with van der Waals surface area (Å²) >= 11 is 0. The van der Waals surface area contributed by atoms with Gasteiger partial charge in [-0.1, -0.05) is 18.2 Å². The average Bonchev–Trinajstić information content (AvgIpc) is 2.09. The van der Waals surface area contributed by atoms with Crippen LogP contribution in [0.1, 0.15) is 6.92 Å². The van der Waals surface area contributed by atoms with Gasteiger partial charge in [0.1, 0.15) is 0 Å². The molecule has 0 bridgehead atoms. The van der Waals surface area contributed by atoms with Gasteiger partial charge in [0, 0.05) is 12.2 Å². The summed E-state index contributed by atoms with van der Waals surface area (Å²) in [6.07, 6.45) is 1.85. The van der Waals surface area contributed by atoms with E-state index in [0.717, 1.165) is 5.69 Å². The highest BCUT2D eigenvalue weighted by Crippen LogP contribution is 2.09. The molecule has 0 N–H and O–H groups in total. The van der Waals surface area contributed by atoms with Gasteiger partial charge in [-0.2, -0.15) is 0 Å². The summed E-state index contributed by atoms with van der Waals surface area (Å²) in [6, 6.07) is 9.48. The summed E-state index contributed by atoms with van der Waals surface area (Å²) in [6.45, 7) is 2.57. The van der Waals surface area contributed by atoms with Crippen molar-refractivity contribution in [1.82, 2.24) is 0 Å². The number of anilines is 1. The third kappa shape index (κ3) is 1.80. The molecule has 1 aromatic carbocycles. The topological polar surface area (TPSA) is 20.3 Å². The first-order valence-corrected chi connectivity index (χ1v) is 3.59. The number of nitrogens with zero attached hydrogens (tertiary/aromatic N) is 1. The monoisotopic (exact) mass is 148 g/mol. The van der Waals surface area contributed by atoms with Gasteiger partial charge in [-0.05, 0) is 19.1 Å². The average molecular weight is 148 g/mol. The van der Waals surface area contributed by atoms with Crippen LogP contribution in [-0.2, 0) is 4.79 Å². The highest BCUT2D eigenvalue weighted by molar-refractivity contribution is 5.75. The number of benzene rings is 1. The Hall–Kier alpha value is -1.31. The molecule has 0 unspecified atom stereocenters. The number of hydrogen-bond acceptors (Lipinski definition) is 1. The molecule has 0 aliphatic carbocycles. The van der Waals surface area contributed by atoms with Crippen LogP contribution in [0.15, 0.2) is 30.3 Å². The fourth-order valence-corrected chi connectivity index (χ4v) is 0.908. The minimum Gasteiger partial charge on any atom is -0.304 e. The van der Waals surface area contributed by atoms with Crippen molar-refractivity contribution in [2.75, 3.05) is 11.4 Å². The van der Waals surface area contributed by atoms with Crippen LogP contribution >= 0.6 is 0 Å². The second-order valence-electron chi connectivity index (χ2n) is 2.17. The van der Waals surface area contributed by atoms with Crippen LogP contribution < -0.4 is 4.90 Å². The van der Waals surface area contributed by atoms with Crippen molar-refractivity contribution in [3.63, 3.8) is 0 Å². The summed E-state index contributed by atoms with van der Waals surface area (Å²) in [7, 11) is 0. The number of rotatable bonds is 3. The molecule has 0 fully saturated rings. The van der Waals surface area contributed by atoms with E-state index >= 15 is 0 Å². The van der Waals surface area contributed by atoms with Crippen molar-refractivity contribution in [3.05, 3.63) is 30.3 Å². The van der Waals surface area contributed by atoms with Crippen molar-refractivity contribution in [2.45, 2.75) is 6.92 Å². The van der Waals surface area contributed by atoms with Crippen LogP contribution in [0, 0.1) is 0 Å². The molecule has 0 atom stereocenters. The van der Waals surface area contributed by atoms with Crippen LogP contribution in [0.25, 0.3) is 0 Å². The molecule has 0 saturated heterocycles. The largest absolute Gasteiger partial charge is 0.316 e. The Morgan fingerprint density at radius 1 is 1.36 bits per heavy atom. The predicted molar refractivity (Wildman–Crippen MR) is 45.2 cm³/mol. The normalized spacial score (nSPS) is 9.18. The highest BCUT2D eigenvalue weighted by Gasteiger charge is 1.99. The molecular formula is C9H10NO. The Balaban J connectivity index is 2.82. The highest BCUT2D eigenvalue weighted by atomic mass is 16.1. The first kappa shape index (κ1) is 7.79. The second-order valence-corrected chi connectivity index (χ2v) is 2.17. The lowest BCUT2D eigenvalue weighted by Crippen LogP contribution is -2.19. The molecule has 0 spiro atoms. The Morgan fingerprint density at radius 3 is 2.45 bits per heavy atom. The van der Waals surface area contributed by atoms with Gasteiger partial charge in [-0.25, -0.2) is 0 Å². The summed E-state index contributed by atoms with van der Waals surface area (Å²) in [4.78, 5) is 11.9. The third-order valence-electron chi connectivity index (χ3n) is 1.49. The van der Waals surface area contributed by atoms with Crippen LogP contribution in [0.5, 0.6) is 0 Å². The second kappa shape index (κ2) is 3.76. The van der Waals surface area contributed by atoms with E-state index in [9.17, 15) is 4.79 Å². The molecular weight excluding hydrogens is 138 g/mol. The first-order valence-electron chi connectivity index (χ1n) is 3.59. The number of amides is 1. The maximum absolute atomic E-state index is 10.3. The lowest BCUT2D eigenvalue weighted by Gasteiger charge is -2.12. The maximum atomic E-state index is 10.3. The minimum atomic E-state index is 0.660. The van der Waals surface area contributed by atoms with Gasteiger partial charge in [-0.15, -0.1) is 0 Å². The molecule has 2 nitrogen and oxygen atoms in total. The van der Waals surface area contributed by atoms with E-state index in [1.54, 1.807) is 0 Å². The van der Waals surface area contributed by atoms with Gasteiger partial charge in [0.15, 0.2) is 0 Å². The molecule has 0 saturated carbocycles. The molecule has 1 rings (SSSR count). The Bertz CT molecular complexity index is 220. The van der Waals surface area contributed by atoms with Gasteiger partial charge in [0.25, 0.3) is 0 Å². The van der Waals surface area contributed by atoms with Gasteiger partial charge in [0.2, 0.25) is 0 Å². The number of hydrogen-bond donors (Lipinski definition) is 0. The van der Waals surface area contributed by atoms with E-state index in [0.29, 0.717) is 6.54 Å². The van der Waals surface area contributed by atoms with Crippen LogP contribution in [0.3, 0.4) is 0 Å². The van der Waals surface area contributed by atoms with Crippen molar-refractivity contribution < 1.29 is 4.79 Å². The molecule has 1 aromatic rings. The number of carbonyl (C=O) groups excluding carboxylic acids is 1. The zero-order valence-corrected chi connectivity index (χ0v) is 6.45. The summed E-state index contributed by atoms with van der Waals surface area (Å²) in [5.41, 5.74) is 0.894. The van der Waals surface area contributed by atoms with E-state index in [4.69, 9.17) is 0 Å². The van der Waals surface area contributed by atoms with E-state index in [1.165, 1.54) is 4.90 Å². The van der Waals surface area contributed by atoms with Crippen LogP contribution in [-0.4, -0.2) is 13.0 Å². The molecule has 0 aliphatic heterocycles. The van der Waals surface area contributed by atoms with Gasteiger partial charge >= 0.3 is 6.41 Å². The van der Waals surface area contributed by atoms with Gasteiger partial charge in [-0.3, -0.25) is 4.79 Å². The number of para-hydroxylation sites is 1. The summed E-state index contributed by atoms with van der Waals surface area (Å²) in [5.74, 6) is 0. The fraction of sp³-hybridized carbons (Fsp3) is 0.222. The molecule has 0 aromatic heterocycles. The molecule has 57 valence electrons. The lowest BCUT2D eigenvalue weighted by atomic mass is 10.3. The zero-order chi connectivity index (χ0) is 8.10.